The highest BCUT2D eigenvalue weighted by molar-refractivity contribution is 5.93. The van der Waals surface area contributed by atoms with Crippen LogP contribution in [0.5, 0.6) is 0 Å². The van der Waals surface area contributed by atoms with Crippen LogP contribution >= 0.6 is 0 Å². The number of anilines is 1. The number of carbonyl (C=O) groups excluding carboxylic acids is 1. The number of aryl methyl sites for hydroxylation is 1. The molecule has 5 atom stereocenters. The Bertz CT molecular complexity index is 1560. The standard InChI is InChI=1S/C32H43N7O3/c1-19(23-9-7-17-37(23)3)39-30-25-22(35-39)12-11-20-13-16-31(2,41)18-38(20)29(25)33-28(34-30)26-21-8-6-15-32(27(21)42-36-26)14-5-4-10-24(32)40/h19-20,23,41H,4-18H2,1-3H3/t19-,20-,23-,31+,32+/m0/s1. The maximum atomic E-state index is 13.3. The van der Waals surface area contributed by atoms with Gasteiger partial charge in [0.25, 0.3) is 0 Å². The highest BCUT2D eigenvalue weighted by atomic mass is 16.5. The maximum absolute atomic E-state index is 13.3. The van der Waals surface area contributed by atoms with Crippen molar-refractivity contribution in [2.45, 2.75) is 126 Å². The first kappa shape index (κ1) is 26.8. The van der Waals surface area contributed by atoms with Crippen LogP contribution in [0.1, 0.15) is 108 Å². The monoisotopic (exact) mass is 573 g/mol. The van der Waals surface area contributed by atoms with Gasteiger partial charge in [0.2, 0.25) is 0 Å². The number of rotatable bonds is 3. The van der Waals surface area contributed by atoms with Crippen LogP contribution in [0.25, 0.3) is 22.6 Å². The zero-order valence-corrected chi connectivity index (χ0v) is 25.2. The van der Waals surface area contributed by atoms with E-state index < -0.39 is 11.0 Å². The lowest BCUT2D eigenvalue weighted by molar-refractivity contribution is -0.128. The summed E-state index contributed by atoms with van der Waals surface area (Å²) in [5.41, 5.74) is 2.26. The van der Waals surface area contributed by atoms with E-state index in [4.69, 9.17) is 19.6 Å². The molecule has 3 aliphatic heterocycles. The van der Waals surface area contributed by atoms with Crippen molar-refractivity contribution in [3.63, 3.8) is 0 Å². The molecule has 2 saturated heterocycles. The first-order valence-corrected chi connectivity index (χ1v) is 16.3. The average molecular weight is 574 g/mol. The predicted octanol–water partition coefficient (Wildman–Crippen LogP) is 4.52. The molecule has 224 valence electrons. The van der Waals surface area contributed by atoms with Gasteiger partial charge in [-0.1, -0.05) is 11.6 Å². The normalized spacial score (nSPS) is 32.3. The minimum atomic E-state index is -0.783. The van der Waals surface area contributed by atoms with Crippen LogP contribution in [0.15, 0.2) is 4.52 Å². The molecular formula is C32H43N7O3. The lowest BCUT2D eigenvalue weighted by atomic mass is 9.64. The summed E-state index contributed by atoms with van der Waals surface area (Å²) in [6.45, 7) is 5.83. The van der Waals surface area contributed by atoms with Crippen LogP contribution in [0.2, 0.25) is 0 Å². The van der Waals surface area contributed by atoms with Gasteiger partial charge in [-0.15, -0.1) is 0 Å². The van der Waals surface area contributed by atoms with Crippen molar-refractivity contribution in [3.05, 3.63) is 17.0 Å². The van der Waals surface area contributed by atoms with Gasteiger partial charge in [-0.05, 0) is 98.1 Å². The van der Waals surface area contributed by atoms with Crippen LogP contribution in [-0.4, -0.2) is 78.5 Å². The Kier molecular flexibility index (Phi) is 6.10. The van der Waals surface area contributed by atoms with E-state index in [1.807, 2.05) is 6.92 Å². The Balaban J connectivity index is 1.32. The first-order chi connectivity index (χ1) is 20.3. The number of likely N-dealkylation sites (tertiary alicyclic amines) is 1. The fraction of sp³-hybridized carbons (Fsp3) is 0.719. The van der Waals surface area contributed by atoms with Crippen LogP contribution in [0, 0.1) is 0 Å². The van der Waals surface area contributed by atoms with E-state index in [2.05, 4.69) is 33.6 Å². The summed E-state index contributed by atoms with van der Waals surface area (Å²) in [6.07, 6.45) is 11.9. The van der Waals surface area contributed by atoms with Gasteiger partial charge in [-0.3, -0.25) is 4.79 Å². The van der Waals surface area contributed by atoms with Gasteiger partial charge in [0.1, 0.15) is 11.6 Å². The second kappa shape index (κ2) is 9.58. The molecule has 2 aliphatic carbocycles. The molecule has 5 aliphatic rings. The summed E-state index contributed by atoms with van der Waals surface area (Å²) >= 11 is 0. The topological polar surface area (TPSA) is 113 Å². The molecule has 8 rings (SSSR count). The van der Waals surface area contributed by atoms with Crippen LogP contribution in [-0.2, 0) is 23.1 Å². The number of aromatic nitrogens is 5. The highest BCUT2D eigenvalue weighted by Crippen LogP contribution is 2.48. The third-order valence-electron chi connectivity index (χ3n) is 11.3. The molecule has 3 fully saturated rings. The van der Waals surface area contributed by atoms with Crippen LogP contribution < -0.4 is 4.90 Å². The Labute approximate surface area is 246 Å². The Morgan fingerprint density at radius 3 is 2.69 bits per heavy atom. The molecule has 0 aromatic carbocycles. The van der Waals surface area contributed by atoms with E-state index in [-0.39, 0.29) is 6.04 Å². The molecule has 1 spiro atoms. The van der Waals surface area contributed by atoms with E-state index in [0.29, 0.717) is 42.4 Å². The van der Waals surface area contributed by atoms with Gasteiger partial charge >= 0.3 is 0 Å². The molecule has 0 amide bonds. The van der Waals surface area contributed by atoms with Crippen LogP contribution in [0.3, 0.4) is 0 Å². The van der Waals surface area contributed by atoms with Crippen molar-refractivity contribution in [1.29, 1.82) is 0 Å². The SMILES string of the molecule is C[C@@H]([C@@H]1CCCN1C)n1nc2c3c(nc(-c4noc5c4CCC[C@@]54CCCCC4=O)nc31)N1C[C@](C)(O)CC[C@@H]1CC2. The van der Waals surface area contributed by atoms with Crippen molar-refractivity contribution in [2.24, 2.45) is 0 Å². The summed E-state index contributed by atoms with van der Waals surface area (Å²) < 4.78 is 8.26. The summed E-state index contributed by atoms with van der Waals surface area (Å²) in [4.78, 5) is 28.6. The van der Waals surface area contributed by atoms with Gasteiger partial charge in [0, 0.05) is 30.6 Å². The number of hydrogen-bond donors (Lipinski definition) is 1. The van der Waals surface area contributed by atoms with Crippen molar-refractivity contribution in [2.75, 3.05) is 25.0 Å². The third-order valence-corrected chi connectivity index (χ3v) is 11.3. The molecule has 1 saturated carbocycles. The second-order valence-electron chi connectivity index (χ2n) is 14.2. The number of carbonyl (C=O) groups is 1. The lowest BCUT2D eigenvalue weighted by Gasteiger charge is -2.43. The zero-order chi connectivity index (χ0) is 28.8. The van der Waals surface area contributed by atoms with E-state index in [1.54, 1.807) is 0 Å². The van der Waals surface area contributed by atoms with E-state index in [9.17, 15) is 9.90 Å². The minimum Gasteiger partial charge on any atom is -0.388 e. The quantitative estimate of drug-likeness (QED) is 0.483. The summed E-state index contributed by atoms with van der Waals surface area (Å²) in [5.74, 6) is 2.47. The largest absolute Gasteiger partial charge is 0.388 e. The van der Waals surface area contributed by atoms with Crippen molar-refractivity contribution in [1.82, 2.24) is 29.8 Å². The van der Waals surface area contributed by atoms with E-state index in [0.717, 1.165) is 111 Å². The number of aliphatic hydroxyl groups is 1. The lowest BCUT2D eigenvalue weighted by Crippen LogP contribution is -2.51. The highest BCUT2D eigenvalue weighted by Gasteiger charge is 2.49. The van der Waals surface area contributed by atoms with Gasteiger partial charge in [-0.2, -0.15) is 5.10 Å². The molecule has 0 unspecified atom stereocenters. The second-order valence-corrected chi connectivity index (χ2v) is 14.2. The molecular weight excluding hydrogens is 530 g/mol. The summed E-state index contributed by atoms with van der Waals surface area (Å²) in [5, 5.41) is 22.1. The molecule has 10 heteroatoms. The molecule has 0 bridgehead atoms. The Morgan fingerprint density at radius 2 is 1.88 bits per heavy atom. The van der Waals surface area contributed by atoms with Crippen molar-refractivity contribution >= 4 is 22.6 Å². The van der Waals surface area contributed by atoms with E-state index in [1.165, 1.54) is 6.42 Å². The van der Waals surface area contributed by atoms with Gasteiger partial charge in [0.15, 0.2) is 22.9 Å². The fourth-order valence-electron chi connectivity index (χ4n) is 9.00. The number of fused-ring (bicyclic) bond motifs is 4. The van der Waals surface area contributed by atoms with Crippen molar-refractivity contribution < 1.29 is 14.4 Å². The Hall–Kier alpha value is -2.85. The van der Waals surface area contributed by atoms with Gasteiger partial charge in [0.05, 0.1) is 28.1 Å². The maximum Gasteiger partial charge on any atom is 0.186 e. The molecule has 0 radical (unpaired) electrons. The molecule has 1 N–H and O–H groups in total. The number of ketones is 1. The third kappa shape index (κ3) is 3.93. The smallest absolute Gasteiger partial charge is 0.186 e. The van der Waals surface area contributed by atoms with Crippen molar-refractivity contribution in [3.8, 4) is 11.5 Å². The molecule has 3 aromatic heterocycles. The number of piperidine rings is 1. The van der Waals surface area contributed by atoms with E-state index >= 15 is 0 Å². The predicted molar refractivity (Wildman–Crippen MR) is 159 cm³/mol. The first-order valence-electron chi connectivity index (χ1n) is 16.3. The Morgan fingerprint density at radius 1 is 1.02 bits per heavy atom. The van der Waals surface area contributed by atoms with Crippen LogP contribution in [0.4, 0.5) is 5.82 Å². The fourth-order valence-corrected chi connectivity index (χ4v) is 9.00. The minimum absolute atomic E-state index is 0.151. The number of likely N-dealkylation sites (N-methyl/N-ethyl adjacent to an activating group) is 1. The zero-order valence-electron chi connectivity index (χ0n) is 25.2. The van der Waals surface area contributed by atoms with Gasteiger partial charge < -0.3 is 19.4 Å². The van der Waals surface area contributed by atoms with Gasteiger partial charge in [-0.25, -0.2) is 14.6 Å². The summed E-state index contributed by atoms with van der Waals surface area (Å²) in [6, 6.07) is 0.844. The average Bonchev–Trinajstić information content (AvgIpc) is 3.68. The molecule has 3 aromatic rings. The summed E-state index contributed by atoms with van der Waals surface area (Å²) in [7, 11) is 2.21. The number of hydrogen-bond acceptors (Lipinski definition) is 9. The molecule has 6 heterocycles. The molecule has 42 heavy (non-hydrogen) atoms. The molecule has 10 nitrogen and oxygen atoms in total. The number of Topliss-reactive ketones (excluding diaryl/α,β-unsaturated/α-hetero) is 1. The number of nitrogens with zero attached hydrogens (tertiary/aromatic N) is 7.